The fraction of sp³-hybridized carbons (Fsp3) is 0.286. The number of hydrogen-bond acceptors (Lipinski definition) is 3. The second-order valence-corrected chi connectivity index (χ2v) is 5.67. The predicted molar refractivity (Wildman–Crippen MR) is 78.7 cm³/mol. The summed E-state index contributed by atoms with van der Waals surface area (Å²) >= 11 is 0.862. The van der Waals surface area contributed by atoms with Gasteiger partial charge in [0.15, 0.2) is 0 Å². The molecule has 2 aromatic rings. The SMILES string of the molecule is Cc1cnn(CC(=O)Nc2cc(F)ccc2SCC(F)F)c1. The van der Waals surface area contributed by atoms with Crippen molar-refractivity contribution in [3.05, 3.63) is 42.0 Å². The van der Waals surface area contributed by atoms with E-state index in [1.165, 1.54) is 16.8 Å². The van der Waals surface area contributed by atoms with Gasteiger partial charge in [0, 0.05) is 11.1 Å². The van der Waals surface area contributed by atoms with Crippen molar-refractivity contribution in [3.63, 3.8) is 0 Å². The van der Waals surface area contributed by atoms with E-state index in [0.717, 1.165) is 23.4 Å². The Morgan fingerprint density at radius 1 is 1.45 bits per heavy atom. The van der Waals surface area contributed by atoms with Crippen LogP contribution in [0.2, 0.25) is 0 Å². The van der Waals surface area contributed by atoms with Gasteiger partial charge < -0.3 is 5.32 Å². The van der Waals surface area contributed by atoms with Crippen molar-refractivity contribution in [1.82, 2.24) is 9.78 Å². The lowest BCUT2D eigenvalue weighted by Crippen LogP contribution is -2.19. The number of nitrogens with one attached hydrogen (secondary N) is 1. The van der Waals surface area contributed by atoms with E-state index in [2.05, 4.69) is 10.4 Å². The molecule has 22 heavy (non-hydrogen) atoms. The Bertz CT molecular complexity index is 661. The predicted octanol–water partition coefficient (Wildman–Crippen LogP) is 3.33. The number of benzene rings is 1. The zero-order chi connectivity index (χ0) is 16.1. The standard InChI is InChI=1S/C14H14F3N3OS/c1-9-5-18-20(6-9)7-14(21)19-11-4-10(15)2-3-12(11)22-8-13(16)17/h2-6,13H,7-8H2,1H3,(H,19,21). The first-order valence-corrected chi connectivity index (χ1v) is 7.42. The maximum Gasteiger partial charge on any atom is 0.247 e. The highest BCUT2D eigenvalue weighted by atomic mass is 32.2. The molecular weight excluding hydrogens is 315 g/mol. The molecule has 0 unspecified atom stereocenters. The van der Waals surface area contributed by atoms with Crippen molar-refractivity contribution in [1.29, 1.82) is 0 Å². The van der Waals surface area contributed by atoms with Gasteiger partial charge in [-0.2, -0.15) is 5.10 Å². The molecule has 0 atom stereocenters. The van der Waals surface area contributed by atoms with Crippen LogP contribution in [-0.2, 0) is 11.3 Å². The first-order valence-electron chi connectivity index (χ1n) is 6.43. The summed E-state index contributed by atoms with van der Waals surface area (Å²) in [6, 6.07) is 3.65. The van der Waals surface area contributed by atoms with Crippen molar-refractivity contribution in [2.45, 2.75) is 24.8 Å². The second kappa shape index (κ2) is 7.35. The van der Waals surface area contributed by atoms with Gasteiger partial charge in [-0.05, 0) is 30.7 Å². The summed E-state index contributed by atoms with van der Waals surface area (Å²) in [7, 11) is 0. The van der Waals surface area contributed by atoms with E-state index in [4.69, 9.17) is 0 Å². The zero-order valence-electron chi connectivity index (χ0n) is 11.7. The number of carbonyl (C=O) groups excluding carboxylic acids is 1. The van der Waals surface area contributed by atoms with E-state index in [0.29, 0.717) is 4.90 Å². The number of alkyl halides is 2. The lowest BCUT2D eigenvalue weighted by atomic mass is 10.3. The summed E-state index contributed by atoms with van der Waals surface area (Å²) in [6.07, 6.45) is 0.822. The second-order valence-electron chi connectivity index (χ2n) is 4.61. The first-order chi connectivity index (χ1) is 10.4. The van der Waals surface area contributed by atoms with Crippen LogP contribution in [0, 0.1) is 12.7 Å². The molecule has 0 aliphatic rings. The Balaban J connectivity index is 2.06. The number of carbonyl (C=O) groups is 1. The average Bonchev–Trinajstić information content (AvgIpc) is 2.82. The summed E-state index contributed by atoms with van der Waals surface area (Å²) in [4.78, 5) is 12.3. The van der Waals surface area contributed by atoms with E-state index < -0.39 is 23.9 Å². The maximum atomic E-state index is 13.3. The van der Waals surface area contributed by atoms with E-state index in [1.807, 2.05) is 6.92 Å². The molecule has 1 aromatic heterocycles. The van der Waals surface area contributed by atoms with Crippen LogP contribution in [0.15, 0.2) is 35.5 Å². The minimum atomic E-state index is -2.48. The molecule has 1 aromatic carbocycles. The molecule has 0 radical (unpaired) electrons. The number of nitrogens with zero attached hydrogens (tertiary/aromatic N) is 2. The minimum Gasteiger partial charge on any atom is -0.323 e. The van der Waals surface area contributed by atoms with Crippen LogP contribution in [0.4, 0.5) is 18.9 Å². The van der Waals surface area contributed by atoms with Gasteiger partial charge in [-0.1, -0.05) is 0 Å². The van der Waals surface area contributed by atoms with Crippen LogP contribution >= 0.6 is 11.8 Å². The molecule has 2 rings (SSSR count). The highest BCUT2D eigenvalue weighted by Gasteiger charge is 2.12. The normalized spacial score (nSPS) is 11.0. The van der Waals surface area contributed by atoms with Crippen molar-refractivity contribution < 1.29 is 18.0 Å². The maximum absolute atomic E-state index is 13.3. The zero-order valence-corrected chi connectivity index (χ0v) is 12.5. The molecule has 0 aliphatic heterocycles. The van der Waals surface area contributed by atoms with Crippen molar-refractivity contribution in [3.8, 4) is 0 Å². The molecule has 0 saturated heterocycles. The highest BCUT2D eigenvalue weighted by molar-refractivity contribution is 7.99. The Labute approximate surface area is 129 Å². The molecular formula is C14H14F3N3OS. The number of hydrogen-bond donors (Lipinski definition) is 1. The number of aromatic nitrogens is 2. The Morgan fingerprint density at radius 3 is 2.86 bits per heavy atom. The summed E-state index contributed by atoms with van der Waals surface area (Å²) in [5, 5.41) is 6.50. The number of halogens is 3. The van der Waals surface area contributed by atoms with Crippen LogP contribution < -0.4 is 5.32 Å². The van der Waals surface area contributed by atoms with Crippen LogP contribution in [0.3, 0.4) is 0 Å². The summed E-state index contributed by atoms with van der Waals surface area (Å²) < 4.78 is 39.3. The van der Waals surface area contributed by atoms with Gasteiger partial charge in [-0.3, -0.25) is 9.48 Å². The molecule has 4 nitrogen and oxygen atoms in total. The lowest BCUT2D eigenvalue weighted by molar-refractivity contribution is -0.116. The van der Waals surface area contributed by atoms with Gasteiger partial charge in [0.05, 0.1) is 17.6 Å². The Kier molecular flexibility index (Phi) is 5.48. The molecule has 1 N–H and O–H groups in total. The average molecular weight is 329 g/mol. The third-order valence-corrected chi connectivity index (χ3v) is 3.73. The van der Waals surface area contributed by atoms with Crippen molar-refractivity contribution in [2.24, 2.45) is 0 Å². The molecule has 1 heterocycles. The van der Waals surface area contributed by atoms with Crippen LogP contribution in [0.25, 0.3) is 0 Å². The number of amides is 1. The Morgan fingerprint density at radius 2 is 2.23 bits per heavy atom. The fourth-order valence-electron chi connectivity index (χ4n) is 1.77. The fourth-order valence-corrected chi connectivity index (χ4v) is 2.50. The molecule has 118 valence electrons. The van der Waals surface area contributed by atoms with Crippen molar-refractivity contribution >= 4 is 23.4 Å². The van der Waals surface area contributed by atoms with E-state index >= 15 is 0 Å². The van der Waals surface area contributed by atoms with Gasteiger partial charge in [-0.25, -0.2) is 13.2 Å². The molecule has 0 spiro atoms. The monoisotopic (exact) mass is 329 g/mol. The smallest absolute Gasteiger partial charge is 0.247 e. The topological polar surface area (TPSA) is 46.9 Å². The molecule has 0 aliphatic carbocycles. The van der Waals surface area contributed by atoms with Gasteiger partial charge in [0.2, 0.25) is 12.3 Å². The lowest BCUT2D eigenvalue weighted by Gasteiger charge is -2.11. The summed E-state index contributed by atoms with van der Waals surface area (Å²) in [5.74, 6) is -1.38. The number of rotatable bonds is 6. The number of anilines is 1. The van der Waals surface area contributed by atoms with Crippen molar-refractivity contribution in [2.75, 3.05) is 11.1 Å². The summed E-state index contributed by atoms with van der Waals surface area (Å²) in [6.45, 7) is 1.80. The number of aryl methyl sites for hydroxylation is 1. The van der Waals surface area contributed by atoms with E-state index in [9.17, 15) is 18.0 Å². The van der Waals surface area contributed by atoms with Crippen LogP contribution in [-0.4, -0.2) is 27.9 Å². The highest BCUT2D eigenvalue weighted by Crippen LogP contribution is 2.29. The molecule has 8 heteroatoms. The van der Waals surface area contributed by atoms with Gasteiger partial charge >= 0.3 is 0 Å². The van der Waals surface area contributed by atoms with Crippen LogP contribution in [0.1, 0.15) is 5.56 Å². The quantitative estimate of drug-likeness (QED) is 0.827. The third kappa shape index (κ3) is 4.80. The Hall–Kier alpha value is -1.96. The molecule has 0 bridgehead atoms. The van der Waals surface area contributed by atoms with Gasteiger partial charge in [0.1, 0.15) is 12.4 Å². The molecule has 1 amide bonds. The summed E-state index contributed by atoms with van der Waals surface area (Å²) in [5.41, 5.74) is 1.09. The minimum absolute atomic E-state index is 0.0384. The largest absolute Gasteiger partial charge is 0.323 e. The molecule has 0 fully saturated rings. The van der Waals surface area contributed by atoms with E-state index in [1.54, 1.807) is 12.4 Å². The van der Waals surface area contributed by atoms with Crippen LogP contribution in [0.5, 0.6) is 0 Å². The van der Waals surface area contributed by atoms with Gasteiger partial charge in [-0.15, -0.1) is 11.8 Å². The molecule has 0 saturated carbocycles. The first kappa shape index (κ1) is 16.4. The van der Waals surface area contributed by atoms with E-state index in [-0.39, 0.29) is 12.2 Å². The number of thioether (sulfide) groups is 1. The third-order valence-electron chi connectivity index (χ3n) is 2.65. The van der Waals surface area contributed by atoms with Gasteiger partial charge in [0.25, 0.3) is 0 Å².